The summed E-state index contributed by atoms with van der Waals surface area (Å²) in [6.45, 7) is 6.37. The van der Waals surface area contributed by atoms with E-state index in [1.54, 1.807) is 31.1 Å². The molecule has 92 valence electrons. The van der Waals surface area contributed by atoms with Crippen LogP contribution in [-0.4, -0.2) is 14.5 Å². The van der Waals surface area contributed by atoms with Crippen LogP contribution in [0.2, 0.25) is 19.6 Å². The van der Waals surface area contributed by atoms with Crippen molar-refractivity contribution in [2.24, 2.45) is 0 Å². The summed E-state index contributed by atoms with van der Waals surface area (Å²) in [6.07, 6.45) is -4.39. The largest absolute Gasteiger partial charge is 0.421 e. The first kappa shape index (κ1) is 13.7. The van der Waals surface area contributed by atoms with Gasteiger partial charge >= 0.3 is 6.18 Å². The second-order valence-corrected chi connectivity index (χ2v) is 10.1. The summed E-state index contributed by atoms with van der Waals surface area (Å²) in [5.41, 5.74) is -2.17. The van der Waals surface area contributed by atoms with Crippen LogP contribution < -0.4 is 0 Å². The van der Waals surface area contributed by atoms with Gasteiger partial charge in [0.1, 0.15) is 0 Å². The van der Waals surface area contributed by atoms with Crippen molar-refractivity contribution in [3.05, 3.63) is 22.4 Å². The second-order valence-electron chi connectivity index (χ2n) is 4.72. The first-order chi connectivity index (χ1) is 7.06. The van der Waals surface area contributed by atoms with Gasteiger partial charge in [-0.05, 0) is 38.0 Å². The maximum Gasteiger partial charge on any atom is 0.421 e. The van der Waals surface area contributed by atoms with Crippen LogP contribution in [0, 0.1) is 0 Å². The molecule has 1 nitrogen and oxygen atoms in total. The van der Waals surface area contributed by atoms with Crippen molar-refractivity contribution in [1.82, 2.24) is 0 Å². The summed E-state index contributed by atoms with van der Waals surface area (Å²) >= 11 is 1.07. The first-order valence-corrected chi connectivity index (χ1v) is 9.16. The molecular formula is C10H15F3OSSi. The zero-order valence-electron chi connectivity index (χ0n) is 9.68. The summed E-state index contributed by atoms with van der Waals surface area (Å²) in [4.78, 5) is 0.211. The number of hydrogen-bond acceptors (Lipinski definition) is 2. The minimum atomic E-state index is -4.39. The molecule has 16 heavy (non-hydrogen) atoms. The van der Waals surface area contributed by atoms with E-state index >= 15 is 0 Å². The van der Waals surface area contributed by atoms with Gasteiger partial charge in [0.15, 0.2) is 13.9 Å². The molecular weight excluding hydrogens is 253 g/mol. The molecule has 1 unspecified atom stereocenters. The van der Waals surface area contributed by atoms with Crippen molar-refractivity contribution in [2.45, 2.75) is 38.3 Å². The Labute approximate surface area is 98.4 Å². The molecule has 0 spiro atoms. The maximum absolute atomic E-state index is 13.1. The van der Waals surface area contributed by atoms with E-state index in [9.17, 15) is 13.2 Å². The Bertz CT molecular complexity index is 342. The highest BCUT2D eigenvalue weighted by Gasteiger charge is 2.55. The molecule has 1 aromatic rings. The van der Waals surface area contributed by atoms with Crippen molar-refractivity contribution < 1.29 is 17.6 Å². The fourth-order valence-electron chi connectivity index (χ4n) is 1.41. The van der Waals surface area contributed by atoms with E-state index in [1.807, 2.05) is 0 Å². The molecule has 1 rings (SSSR count). The zero-order valence-corrected chi connectivity index (χ0v) is 11.5. The van der Waals surface area contributed by atoms with Crippen molar-refractivity contribution in [3.8, 4) is 0 Å². The molecule has 0 aliphatic heterocycles. The molecule has 0 saturated carbocycles. The molecule has 0 radical (unpaired) electrons. The minimum Gasteiger partial charge on any atom is -0.400 e. The predicted octanol–water partition coefficient (Wildman–Crippen LogP) is 4.38. The average molecular weight is 268 g/mol. The average Bonchev–Trinajstić information content (AvgIpc) is 2.49. The van der Waals surface area contributed by atoms with Crippen LogP contribution in [0.5, 0.6) is 0 Å². The van der Waals surface area contributed by atoms with Gasteiger partial charge in [0, 0.05) is 4.88 Å². The molecule has 6 heteroatoms. The van der Waals surface area contributed by atoms with Gasteiger partial charge in [0.05, 0.1) is 0 Å². The molecule has 0 saturated heterocycles. The number of hydrogen-bond donors (Lipinski definition) is 0. The minimum absolute atomic E-state index is 0.211. The molecule has 0 aliphatic carbocycles. The maximum atomic E-state index is 13.1. The SMILES string of the molecule is CC(O[Si](C)(C)C)(c1cccs1)C(F)(F)F. The van der Waals surface area contributed by atoms with Crippen LogP contribution in [-0.2, 0) is 10.0 Å². The third-order valence-electron chi connectivity index (χ3n) is 2.04. The number of thiophene rings is 1. The summed E-state index contributed by atoms with van der Waals surface area (Å²) in [5, 5.41) is 1.63. The number of halogens is 3. The molecule has 1 heterocycles. The Morgan fingerprint density at radius 3 is 2.12 bits per heavy atom. The van der Waals surface area contributed by atoms with Crippen molar-refractivity contribution in [2.75, 3.05) is 0 Å². The lowest BCUT2D eigenvalue weighted by Gasteiger charge is -2.36. The van der Waals surface area contributed by atoms with Gasteiger partial charge in [-0.15, -0.1) is 11.3 Å². The van der Waals surface area contributed by atoms with Gasteiger partial charge in [0.25, 0.3) is 0 Å². The van der Waals surface area contributed by atoms with E-state index in [0.717, 1.165) is 18.3 Å². The van der Waals surface area contributed by atoms with Gasteiger partial charge in [-0.25, -0.2) is 0 Å². The monoisotopic (exact) mass is 268 g/mol. The molecule has 1 aromatic heterocycles. The van der Waals surface area contributed by atoms with Crippen LogP contribution in [0.4, 0.5) is 13.2 Å². The van der Waals surface area contributed by atoms with Crippen molar-refractivity contribution in [3.63, 3.8) is 0 Å². The molecule has 1 atom stereocenters. The Morgan fingerprint density at radius 2 is 1.81 bits per heavy atom. The molecule has 0 fully saturated rings. The Morgan fingerprint density at radius 1 is 1.25 bits per heavy atom. The van der Waals surface area contributed by atoms with Crippen LogP contribution in [0.25, 0.3) is 0 Å². The smallest absolute Gasteiger partial charge is 0.400 e. The molecule has 0 amide bonds. The molecule has 0 aliphatic rings. The van der Waals surface area contributed by atoms with E-state index in [1.165, 1.54) is 6.07 Å². The lowest BCUT2D eigenvalue weighted by atomic mass is 10.1. The molecule has 0 aromatic carbocycles. The predicted molar refractivity (Wildman–Crippen MR) is 62.2 cm³/mol. The van der Waals surface area contributed by atoms with E-state index in [-0.39, 0.29) is 4.88 Å². The third kappa shape index (κ3) is 2.86. The first-order valence-electron chi connectivity index (χ1n) is 4.87. The van der Waals surface area contributed by atoms with E-state index in [2.05, 4.69) is 0 Å². The fraction of sp³-hybridized carbons (Fsp3) is 0.600. The molecule has 0 N–H and O–H groups in total. The van der Waals surface area contributed by atoms with E-state index < -0.39 is 20.1 Å². The Hall–Kier alpha value is -0.333. The van der Waals surface area contributed by atoms with Crippen molar-refractivity contribution in [1.29, 1.82) is 0 Å². The van der Waals surface area contributed by atoms with E-state index in [4.69, 9.17) is 4.43 Å². The lowest BCUT2D eigenvalue weighted by molar-refractivity contribution is -0.249. The van der Waals surface area contributed by atoms with Gasteiger partial charge in [0.2, 0.25) is 0 Å². The van der Waals surface area contributed by atoms with Gasteiger partial charge in [-0.2, -0.15) is 13.2 Å². The summed E-state index contributed by atoms with van der Waals surface area (Å²) in [5.74, 6) is 0. The van der Waals surface area contributed by atoms with Crippen LogP contribution >= 0.6 is 11.3 Å². The number of rotatable bonds is 3. The topological polar surface area (TPSA) is 9.23 Å². The third-order valence-corrected chi connectivity index (χ3v) is 4.14. The van der Waals surface area contributed by atoms with Crippen LogP contribution in [0.1, 0.15) is 11.8 Å². The van der Waals surface area contributed by atoms with Crippen molar-refractivity contribution >= 4 is 19.7 Å². The summed E-state index contributed by atoms with van der Waals surface area (Å²) in [7, 11) is -2.27. The van der Waals surface area contributed by atoms with E-state index in [0.29, 0.717) is 0 Å². The van der Waals surface area contributed by atoms with Crippen LogP contribution in [0.15, 0.2) is 17.5 Å². The highest BCUT2D eigenvalue weighted by Crippen LogP contribution is 2.45. The Balaban J connectivity index is 3.14. The number of alkyl halides is 3. The van der Waals surface area contributed by atoms with Gasteiger partial charge in [-0.1, -0.05) is 6.07 Å². The highest BCUT2D eigenvalue weighted by molar-refractivity contribution is 7.10. The quantitative estimate of drug-likeness (QED) is 0.739. The van der Waals surface area contributed by atoms with Gasteiger partial charge in [-0.3, -0.25) is 0 Å². The van der Waals surface area contributed by atoms with Crippen LogP contribution in [0.3, 0.4) is 0 Å². The zero-order chi connectivity index (χ0) is 12.6. The highest BCUT2D eigenvalue weighted by atomic mass is 32.1. The fourth-order valence-corrected chi connectivity index (χ4v) is 3.78. The lowest BCUT2D eigenvalue weighted by Crippen LogP contribution is -2.48. The van der Waals surface area contributed by atoms with Gasteiger partial charge < -0.3 is 4.43 Å². The Kier molecular flexibility index (Phi) is 3.57. The second kappa shape index (κ2) is 4.16. The normalized spacial score (nSPS) is 17.2. The summed E-state index contributed by atoms with van der Waals surface area (Å²) in [6, 6.07) is 3.08. The summed E-state index contributed by atoms with van der Waals surface area (Å²) < 4.78 is 44.7. The molecule has 0 bridgehead atoms. The standard InChI is InChI=1S/C10H15F3OSSi/c1-9(10(11,12)13,14-16(2,3)4)8-6-5-7-15-8/h5-7H,1-4H3.